The van der Waals surface area contributed by atoms with Crippen LogP contribution in [0.2, 0.25) is 10.0 Å². The molecule has 0 aliphatic heterocycles. The minimum Gasteiger partial charge on any atom is -0.0827 e. The first-order chi connectivity index (χ1) is 10.3. The van der Waals surface area contributed by atoms with Gasteiger partial charge in [0, 0.05) is 22.4 Å². The van der Waals surface area contributed by atoms with E-state index in [-0.39, 0.29) is 17.1 Å². The molecule has 0 unspecified atom stereocenters. The van der Waals surface area contributed by atoms with Crippen molar-refractivity contribution in [2.24, 2.45) is 0 Å². The topological polar surface area (TPSA) is 0 Å². The van der Waals surface area contributed by atoms with Gasteiger partial charge in [0.2, 0.25) is 0 Å². The molecule has 0 bridgehead atoms. The van der Waals surface area contributed by atoms with E-state index in [1.807, 2.05) is 24.3 Å². The Morgan fingerprint density at radius 1 is 0.591 bits per heavy atom. The van der Waals surface area contributed by atoms with Crippen LogP contribution in [0.25, 0.3) is 0 Å². The van der Waals surface area contributed by atoms with Crippen molar-refractivity contribution in [2.75, 3.05) is 0 Å². The number of rotatable bonds is 3. The van der Waals surface area contributed by atoms with Crippen molar-refractivity contribution < 1.29 is 17.1 Å². The molecule has 112 valence electrons. The van der Waals surface area contributed by atoms with Crippen molar-refractivity contribution in [3.63, 3.8) is 0 Å². The van der Waals surface area contributed by atoms with Gasteiger partial charge in [0.15, 0.2) is 0 Å². The fourth-order valence-corrected chi connectivity index (χ4v) is 5.21. The molecule has 4 heteroatoms. The van der Waals surface area contributed by atoms with Gasteiger partial charge in [-0.25, -0.2) is 0 Å². The number of hydrogen-bond donors (Lipinski definition) is 0. The van der Waals surface area contributed by atoms with Crippen LogP contribution < -0.4 is 15.9 Å². The molecular weight excluding hydrogens is 374 g/mol. The van der Waals surface area contributed by atoms with Gasteiger partial charge in [0.25, 0.3) is 0 Å². The van der Waals surface area contributed by atoms with Crippen LogP contribution in [0.3, 0.4) is 0 Å². The molecule has 0 atom stereocenters. The average molecular weight is 387 g/mol. The van der Waals surface area contributed by atoms with E-state index in [0.29, 0.717) is 10.0 Å². The Kier molecular flexibility index (Phi) is 6.50. The number of benzene rings is 3. The summed E-state index contributed by atoms with van der Waals surface area (Å²) in [6.45, 7) is 0. The van der Waals surface area contributed by atoms with E-state index >= 15 is 0 Å². The predicted octanol–water partition coefficient (Wildman–Crippen LogP) is 4.75. The van der Waals surface area contributed by atoms with Crippen molar-refractivity contribution in [3.8, 4) is 0 Å². The minimum absolute atomic E-state index is 0. The summed E-state index contributed by atoms with van der Waals surface area (Å²) in [7, 11) is -0.699. The van der Waals surface area contributed by atoms with Gasteiger partial charge in [-0.15, -0.1) is 0 Å². The fourth-order valence-electron chi connectivity index (χ4n) is 2.25. The van der Waals surface area contributed by atoms with E-state index in [9.17, 15) is 0 Å². The molecule has 0 radical (unpaired) electrons. The fraction of sp³-hybridized carbons (Fsp3) is 0. The normalized spacial score (nSPS) is 10.3. The second-order valence-electron chi connectivity index (χ2n) is 4.58. The van der Waals surface area contributed by atoms with E-state index in [0.717, 1.165) is 5.30 Å². The molecule has 0 aromatic heterocycles. The summed E-state index contributed by atoms with van der Waals surface area (Å²) in [5.74, 6) is 0. The monoisotopic (exact) mass is 386 g/mol. The molecule has 3 aromatic rings. The maximum absolute atomic E-state index is 6.47. The third-order valence-electron chi connectivity index (χ3n) is 3.20. The molecule has 0 aliphatic carbocycles. The maximum atomic E-state index is 6.47. The summed E-state index contributed by atoms with van der Waals surface area (Å²) in [5.41, 5.74) is 0. The van der Waals surface area contributed by atoms with Crippen LogP contribution in [0.15, 0.2) is 78.9 Å². The summed E-state index contributed by atoms with van der Waals surface area (Å²) >= 11 is 12.7. The molecule has 0 nitrogen and oxygen atoms in total. The van der Waals surface area contributed by atoms with Crippen LogP contribution in [0.5, 0.6) is 0 Å². The molecule has 3 rings (SSSR count). The summed E-state index contributed by atoms with van der Waals surface area (Å²) < 4.78 is 0. The molecule has 0 amide bonds. The Balaban J connectivity index is 0.00000176. The zero-order valence-electron chi connectivity index (χ0n) is 11.6. The average Bonchev–Trinajstić information content (AvgIpc) is 2.54. The number of hydrogen-bond acceptors (Lipinski definition) is 0. The van der Waals surface area contributed by atoms with Crippen molar-refractivity contribution in [1.82, 2.24) is 0 Å². The van der Waals surface area contributed by atoms with E-state index in [1.165, 1.54) is 10.6 Å². The summed E-state index contributed by atoms with van der Waals surface area (Å²) in [4.78, 5) is 0. The van der Waals surface area contributed by atoms with Gasteiger partial charge in [-0.1, -0.05) is 96.0 Å². The first-order valence-electron chi connectivity index (χ1n) is 6.61. The van der Waals surface area contributed by atoms with Crippen LogP contribution in [0.1, 0.15) is 0 Å². The molecule has 0 spiro atoms. The predicted molar refractivity (Wildman–Crippen MR) is 95.2 cm³/mol. The Morgan fingerprint density at radius 2 is 1.09 bits per heavy atom. The van der Waals surface area contributed by atoms with Gasteiger partial charge in [-0.2, -0.15) is 0 Å². The van der Waals surface area contributed by atoms with E-state index < -0.39 is 7.92 Å². The van der Waals surface area contributed by atoms with Gasteiger partial charge in [0.1, 0.15) is 0 Å². The smallest absolute Gasteiger partial charge is 0.0675 e. The van der Waals surface area contributed by atoms with Gasteiger partial charge in [-0.3, -0.25) is 0 Å². The van der Waals surface area contributed by atoms with Crippen molar-refractivity contribution >= 4 is 47.0 Å². The summed E-state index contributed by atoms with van der Waals surface area (Å²) in [6.07, 6.45) is 0. The molecule has 0 heterocycles. The third-order valence-corrected chi connectivity index (χ3v) is 6.64. The minimum atomic E-state index is -0.699. The van der Waals surface area contributed by atoms with Crippen LogP contribution in [-0.4, -0.2) is 0 Å². The number of halogens is 2. The summed E-state index contributed by atoms with van der Waals surface area (Å²) in [5, 5.41) is 4.88. The van der Waals surface area contributed by atoms with Gasteiger partial charge >= 0.3 is 0 Å². The molecule has 3 aromatic carbocycles. The van der Waals surface area contributed by atoms with Crippen LogP contribution in [-0.2, 0) is 17.1 Å². The Morgan fingerprint density at radius 3 is 1.59 bits per heavy atom. The second-order valence-corrected chi connectivity index (χ2v) is 7.55. The van der Waals surface area contributed by atoms with Crippen molar-refractivity contribution in [3.05, 3.63) is 88.9 Å². The van der Waals surface area contributed by atoms with E-state index in [2.05, 4.69) is 54.6 Å². The van der Waals surface area contributed by atoms with E-state index in [1.54, 1.807) is 0 Å². The van der Waals surface area contributed by atoms with Gasteiger partial charge in [-0.05, 0) is 24.6 Å². The van der Waals surface area contributed by atoms with Gasteiger partial charge < -0.3 is 0 Å². The second kappa shape index (κ2) is 8.16. The standard InChI is InChI=1S/C18H13Cl2P.Fe/c19-16-12-7-13-17(18(16)20)21(14-8-3-1-4-9-14)15-10-5-2-6-11-15;/h1-13H;. The van der Waals surface area contributed by atoms with E-state index in [4.69, 9.17) is 23.2 Å². The van der Waals surface area contributed by atoms with Crippen molar-refractivity contribution in [2.45, 2.75) is 0 Å². The largest absolute Gasteiger partial charge is 0.0827 e. The maximum Gasteiger partial charge on any atom is 0.0675 e. The van der Waals surface area contributed by atoms with Gasteiger partial charge in [0.05, 0.1) is 10.0 Å². The molecular formula is C18H13Cl2FeP. The molecule has 22 heavy (non-hydrogen) atoms. The van der Waals surface area contributed by atoms with Crippen LogP contribution >= 0.6 is 31.1 Å². The third kappa shape index (κ3) is 3.74. The van der Waals surface area contributed by atoms with Crippen molar-refractivity contribution in [1.29, 1.82) is 0 Å². The summed E-state index contributed by atoms with van der Waals surface area (Å²) in [6, 6.07) is 26.8. The SMILES string of the molecule is Clc1cccc(P(c2ccccc2)c2ccccc2)c1Cl.[Fe]. The Labute approximate surface area is 152 Å². The molecule has 0 aliphatic rings. The van der Waals surface area contributed by atoms with Crippen LogP contribution in [0.4, 0.5) is 0 Å². The zero-order chi connectivity index (χ0) is 14.7. The van der Waals surface area contributed by atoms with Crippen LogP contribution in [0, 0.1) is 0 Å². The first-order valence-corrected chi connectivity index (χ1v) is 8.71. The Hall–Kier alpha value is -0.811. The molecule has 0 saturated heterocycles. The molecule has 0 fully saturated rings. The molecule has 0 saturated carbocycles. The first kappa shape index (κ1) is 17.5. The quantitative estimate of drug-likeness (QED) is 0.450. The molecule has 0 N–H and O–H groups in total. The Bertz CT molecular complexity index is 693. The zero-order valence-corrected chi connectivity index (χ0v) is 15.1.